The minimum Gasteiger partial charge on any atom is -1.00 e. The van der Waals surface area contributed by atoms with Gasteiger partial charge >= 0.3 is 0 Å². The molecule has 1 heterocycles. The zero-order valence-electron chi connectivity index (χ0n) is 14.4. The maximum absolute atomic E-state index is 5.27. The molecule has 0 aliphatic rings. The number of nitrogens with zero attached hydrogens (tertiary/aromatic N) is 1. The quantitative estimate of drug-likeness (QED) is 0.403. The highest BCUT2D eigenvalue weighted by molar-refractivity contribution is 6.04. The fourth-order valence-electron chi connectivity index (χ4n) is 3.44. The van der Waals surface area contributed by atoms with Crippen LogP contribution in [0.2, 0.25) is 0 Å². The smallest absolute Gasteiger partial charge is 0.213 e. The van der Waals surface area contributed by atoms with E-state index in [4.69, 9.17) is 4.74 Å². The fourth-order valence-corrected chi connectivity index (χ4v) is 3.44. The zero-order valence-corrected chi connectivity index (χ0v) is 15.1. The molecule has 0 aliphatic heterocycles. The Morgan fingerprint density at radius 1 is 0.760 bits per heavy atom. The lowest BCUT2D eigenvalue weighted by atomic mass is 9.99. The number of hydrogen-bond acceptors (Lipinski definition) is 1. The molecule has 0 saturated heterocycles. The van der Waals surface area contributed by atoms with E-state index >= 15 is 0 Å². The number of fused-ring (bicyclic) bond motifs is 3. The number of aromatic nitrogens is 1. The summed E-state index contributed by atoms with van der Waals surface area (Å²) in [7, 11) is 3.86. The van der Waals surface area contributed by atoms with Gasteiger partial charge in [0, 0.05) is 16.8 Å². The number of ether oxygens (including phenoxy) is 1. The van der Waals surface area contributed by atoms with Crippen molar-refractivity contribution in [2.45, 2.75) is 6.42 Å². The second-order valence-electron chi connectivity index (χ2n) is 6.09. The average Bonchev–Trinajstić information content (AvgIpc) is 2.65. The van der Waals surface area contributed by atoms with Crippen molar-refractivity contribution >= 4 is 21.7 Å². The van der Waals surface area contributed by atoms with Gasteiger partial charge in [-0.2, -0.15) is 4.57 Å². The predicted molar refractivity (Wildman–Crippen MR) is 98.4 cm³/mol. The summed E-state index contributed by atoms with van der Waals surface area (Å²) in [6, 6.07) is 25.6. The van der Waals surface area contributed by atoms with Gasteiger partial charge in [0.25, 0.3) is 0 Å². The molecule has 3 aromatic carbocycles. The van der Waals surface area contributed by atoms with Gasteiger partial charge in [0.05, 0.1) is 18.9 Å². The van der Waals surface area contributed by atoms with Gasteiger partial charge in [-0.15, -0.1) is 0 Å². The standard InChI is InChI=1S/C22H20NO.ClH/c1-23-21-10-6-5-8-19(21)18-7-3-4-9-20(18)22(23)15-16-11-13-17(24-2)14-12-16;/h3-14H,15H2,1-2H3;1H/q+1;/p-1. The van der Waals surface area contributed by atoms with Crippen molar-refractivity contribution in [3.8, 4) is 5.75 Å². The monoisotopic (exact) mass is 349 g/mol. The number of methoxy groups -OCH3 is 1. The van der Waals surface area contributed by atoms with E-state index in [1.807, 2.05) is 12.1 Å². The molecule has 0 N–H and O–H groups in total. The molecule has 3 heteroatoms. The van der Waals surface area contributed by atoms with E-state index in [1.54, 1.807) is 7.11 Å². The molecule has 0 bridgehead atoms. The second kappa shape index (κ2) is 7.12. The summed E-state index contributed by atoms with van der Waals surface area (Å²) in [6.45, 7) is 0. The van der Waals surface area contributed by atoms with Crippen molar-refractivity contribution in [2.75, 3.05) is 7.11 Å². The molecule has 4 aromatic rings. The summed E-state index contributed by atoms with van der Waals surface area (Å²) in [6.07, 6.45) is 0.895. The van der Waals surface area contributed by atoms with Crippen LogP contribution in [0.1, 0.15) is 11.3 Å². The van der Waals surface area contributed by atoms with Crippen LogP contribution in [-0.2, 0) is 13.5 Å². The number of rotatable bonds is 3. The van der Waals surface area contributed by atoms with Gasteiger partial charge in [-0.25, -0.2) is 0 Å². The Morgan fingerprint density at radius 3 is 2.04 bits per heavy atom. The van der Waals surface area contributed by atoms with Gasteiger partial charge in [0.15, 0.2) is 5.69 Å². The van der Waals surface area contributed by atoms with Crippen LogP contribution in [0.25, 0.3) is 21.7 Å². The third kappa shape index (κ3) is 3.06. The molecule has 0 spiro atoms. The van der Waals surface area contributed by atoms with Crippen molar-refractivity contribution in [1.29, 1.82) is 0 Å². The first-order chi connectivity index (χ1) is 11.8. The van der Waals surface area contributed by atoms with Crippen LogP contribution in [0.4, 0.5) is 0 Å². The lowest BCUT2D eigenvalue weighted by Gasteiger charge is -2.09. The Labute approximate surface area is 154 Å². The number of halogens is 1. The van der Waals surface area contributed by atoms with Crippen molar-refractivity contribution in [2.24, 2.45) is 7.05 Å². The Hall–Kier alpha value is -2.58. The minimum atomic E-state index is 0. The molecule has 126 valence electrons. The molecule has 4 rings (SSSR count). The maximum Gasteiger partial charge on any atom is 0.213 e. The summed E-state index contributed by atoms with van der Waals surface area (Å²) in [5.41, 5.74) is 3.88. The maximum atomic E-state index is 5.27. The third-order valence-corrected chi connectivity index (χ3v) is 4.73. The number of para-hydroxylation sites is 1. The molecular weight excluding hydrogens is 330 g/mol. The van der Waals surface area contributed by atoms with Crippen LogP contribution in [0.15, 0.2) is 72.8 Å². The number of pyridine rings is 1. The number of aryl methyl sites for hydroxylation is 1. The molecule has 0 fully saturated rings. The van der Waals surface area contributed by atoms with Crippen molar-refractivity contribution in [1.82, 2.24) is 0 Å². The second-order valence-corrected chi connectivity index (χ2v) is 6.09. The first kappa shape index (κ1) is 17.2. The molecule has 0 unspecified atom stereocenters. The van der Waals surface area contributed by atoms with E-state index < -0.39 is 0 Å². The average molecular weight is 350 g/mol. The Bertz CT molecular complexity index is 1030. The summed E-state index contributed by atoms with van der Waals surface area (Å²) < 4.78 is 7.59. The summed E-state index contributed by atoms with van der Waals surface area (Å²) in [5, 5.41) is 3.93. The predicted octanol–water partition coefficient (Wildman–Crippen LogP) is 1.42. The Balaban J connectivity index is 0.00000182. The molecule has 0 radical (unpaired) electrons. The van der Waals surface area contributed by atoms with E-state index in [-0.39, 0.29) is 12.4 Å². The van der Waals surface area contributed by atoms with Crippen LogP contribution in [0, 0.1) is 0 Å². The van der Waals surface area contributed by atoms with Crippen molar-refractivity contribution in [3.05, 3.63) is 84.1 Å². The van der Waals surface area contributed by atoms with Gasteiger partial charge in [0.2, 0.25) is 5.52 Å². The van der Waals surface area contributed by atoms with E-state index in [0.717, 1.165) is 12.2 Å². The SMILES string of the molecule is COc1ccc(Cc2c3ccccc3c3ccccc3[n+]2C)cc1.[Cl-]. The van der Waals surface area contributed by atoms with Crippen LogP contribution in [0.3, 0.4) is 0 Å². The molecule has 0 aliphatic carbocycles. The molecule has 1 aromatic heterocycles. The van der Waals surface area contributed by atoms with Crippen LogP contribution < -0.4 is 21.7 Å². The molecule has 2 nitrogen and oxygen atoms in total. The minimum absolute atomic E-state index is 0. The molecule has 25 heavy (non-hydrogen) atoms. The van der Waals surface area contributed by atoms with Gasteiger partial charge in [-0.05, 0) is 29.8 Å². The van der Waals surface area contributed by atoms with Gasteiger partial charge in [-0.3, -0.25) is 0 Å². The number of hydrogen-bond donors (Lipinski definition) is 0. The highest BCUT2D eigenvalue weighted by Crippen LogP contribution is 2.26. The molecule has 0 amide bonds. The lowest BCUT2D eigenvalue weighted by Crippen LogP contribution is -3.00. The molecule has 0 saturated carbocycles. The summed E-state index contributed by atoms with van der Waals surface area (Å²) >= 11 is 0. The summed E-state index contributed by atoms with van der Waals surface area (Å²) in [5.74, 6) is 0.895. The lowest BCUT2D eigenvalue weighted by molar-refractivity contribution is -0.651. The van der Waals surface area contributed by atoms with Gasteiger partial charge in [-0.1, -0.05) is 42.5 Å². The van der Waals surface area contributed by atoms with E-state index in [9.17, 15) is 0 Å². The highest BCUT2D eigenvalue weighted by Gasteiger charge is 2.18. The van der Waals surface area contributed by atoms with Crippen LogP contribution in [0.5, 0.6) is 5.75 Å². The largest absolute Gasteiger partial charge is 1.00 e. The van der Waals surface area contributed by atoms with E-state index in [0.29, 0.717) is 0 Å². The zero-order chi connectivity index (χ0) is 16.5. The Kier molecular flexibility index (Phi) is 4.91. The highest BCUT2D eigenvalue weighted by atomic mass is 35.5. The molecular formula is C22H20ClNO. The number of benzene rings is 3. The normalized spacial score (nSPS) is 10.6. The van der Waals surface area contributed by atoms with Crippen LogP contribution in [-0.4, -0.2) is 7.11 Å². The van der Waals surface area contributed by atoms with Gasteiger partial charge < -0.3 is 17.1 Å². The third-order valence-electron chi connectivity index (χ3n) is 4.73. The van der Waals surface area contributed by atoms with Crippen molar-refractivity contribution in [3.63, 3.8) is 0 Å². The van der Waals surface area contributed by atoms with E-state index in [1.165, 1.54) is 32.9 Å². The first-order valence-electron chi connectivity index (χ1n) is 8.19. The Morgan fingerprint density at radius 2 is 1.36 bits per heavy atom. The molecule has 0 atom stereocenters. The summed E-state index contributed by atoms with van der Waals surface area (Å²) in [4.78, 5) is 0. The van der Waals surface area contributed by atoms with Crippen molar-refractivity contribution < 1.29 is 21.7 Å². The van der Waals surface area contributed by atoms with E-state index in [2.05, 4.69) is 72.3 Å². The van der Waals surface area contributed by atoms with Crippen LogP contribution >= 0.6 is 0 Å². The van der Waals surface area contributed by atoms with Gasteiger partial charge in [0.1, 0.15) is 12.8 Å². The first-order valence-corrected chi connectivity index (χ1v) is 8.19. The topological polar surface area (TPSA) is 13.1 Å². The fraction of sp³-hybridized carbons (Fsp3) is 0.136.